The van der Waals surface area contributed by atoms with Crippen LogP contribution in [0.2, 0.25) is 5.02 Å². The van der Waals surface area contributed by atoms with Crippen LogP contribution in [0.1, 0.15) is 26.6 Å². The van der Waals surface area contributed by atoms with Crippen molar-refractivity contribution in [2.75, 3.05) is 6.26 Å². The van der Waals surface area contributed by atoms with E-state index in [4.69, 9.17) is 16.0 Å². The van der Waals surface area contributed by atoms with Gasteiger partial charge >= 0.3 is 0 Å². The molecule has 2 heterocycles. The maximum absolute atomic E-state index is 12.0. The van der Waals surface area contributed by atoms with Gasteiger partial charge in [-0.15, -0.1) is 0 Å². The zero-order valence-corrected chi connectivity index (χ0v) is 12.7. The van der Waals surface area contributed by atoms with Crippen molar-refractivity contribution in [3.63, 3.8) is 0 Å². The fraction of sp³-hybridized carbons (Fsp3) is 0.167. The number of amides is 2. The van der Waals surface area contributed by atoms with E-state index in [-0.39, 0.29) is 10.7 Å². The molecule has 0 saturated heterocycles. The first-order chi connectivity index (χ1) is 10.0. The third-order valence-electron chi connectivity index (χ3n) is 2.51. The minimum atomic E-state index is -0.632. The summed E-state index contributed by atoms with van der Waals surface area (Å²) in [4.78, 5) is 31.7. The number of rotatable bonds is 3. The normalized spacial score (nSPS) is 10.2. The molecule has 0 aromatic carbocycles. The van der Waals surface area contributed by atoms with E-state index in [0.717, 1.165) is 0 Å². The van der Waals surface area contributed by atoms with E-state index in [1.807, 2.05) is 0 Å². The Morgan fingerprint density at radius 3 is 2.67 bits per heavy atom. The van der Waals surface area contributed by atoms with E-state index in [1.54, 1.807) is 13.2 Å². The Morgan fingerprint density at radius 1 is 1.33 bits per heavy atom. The highest BCUT2D eigenvalue weighted by Crippen LogP contribution is 2.16. The van der Waals surface area contributed by atoms with Crippen molar-refractivity contribution >= 4 is 35.2 Å². The number of halogens is 1. The van der Waals surface area contributed by atoms with Crippen LogP contribution in [0.5, 0.6) is 0 Å². The highest BCUT2D eigenvalue weighted by Gasteiger charge is 2.16. The molecule has 0 radical (unpaired) electrons. The van der Waals surface area contributed by atoms with Crippen molar-refractivity contribution in [3.05, 3.63) is 40.6 Å². The molecule has 0 aliphatic carbocycles. The fourth-order valence-corrected chi connectivity index (χ4v) is 1.99. The Hall–Kier alpha value is -2.06. The summed E-state index contributed by atoms with van der Waals surface area (Å²) < 4.78 is 5.01. The van der Waals surface area contributed by atoms with Gasteiger partial charge in [-0.25, -0.2) is 9.97 Å². The Balaban J connectivity index is 2.05. The summed E-state index contributed by atoms with van der Waals surface area (Å²) in [7, 11) is 0. The van der Waals surface area contributed by atoms with Crippen LogP contribution >= 0.6 is 23.4 Å². The first-order valence-corrected chi connectivity index (χ1v) is 7.34. The lowest BCUT2D eigenvalue weighted by Gasteiger charge is -2.07. The van der Waals surface area contributed by atoms with Crippen LogP contribution in [-0.2, 0) is 0 Å². The maximum atomic E-state index is 12.0. The van der Waals surface area contributed by atoms with Gasteiger partial charge in [0.1, 0.15) is 5.76 Å². The van der Waals surface area contributed by atoms with Crippen LogP contribution in [-0.4, -0.2) is 28.0 Å². The van der Waals surface area contributed by atoms with Crippen molar-refractivity contribution in [1.82, 2.24) is 20.8 Å². The largest absolute Gasteiger partial charge is 0.469 e. The molecule has 2 aromatic heterocycles. The number of furan rings is 1. The van der Waals surface area contributed by atoms with E-state index in [1.165, 1.54) is 30.3 Å². The van der Waals surface area contributed by atoms with Gasteiger partial charge in [0, 0.05) is 0 Å². The summed E-state index contributed by atoms with van der Waals surface area (Å²) in [5.74, 6) is -0.677. The smallest absolute Gasteiger partial charge is 0.289 e. The Labute approximate surface area is 129 Å². The molecule has 0 aliphatic heterocycles. The SMILES string of the molecule is CSc1ncc(Cl)c(C(=O)NNC(=O)c2ccoc2C)n1. The van der Waals surface area contributed by atoms with Crippen molar-refractivity contribution in [1.29, 1.82) is 0 Å². The molecule has 0 aliphatic rings. The fourth-order valence-electron chi connectivity index (χ4n) is 1.47. The van der Waals surface area contributed by atoms with Gasteiger partial charge in [0.2, 0.25) is 0 Å². The van der Waals surface area contributed by atoms with Crippen LogP contribution in [0.25, 0.3) is 0 Å². The van der Waals surface area contributed by atoms with E-state index < -0.39 is 11.8 Å². The number of carbonyl (C=O) groups excluding carboxylic acids is 2. The summed E-state index contributed by atoms with van der Waals surface area (Å²) >= 11 is 7.14. The number of thioether (sulfide) groups is 1. The minimum Gasteiger partial charge on any atom is -0.469 e. The third-order valence-corrected chi connectivity index (χ3v) is 3.35. The lowest BCUT2D eigenvalue weighted by Crippen LogP contribution is -2.42. The number of hydrazine groups is 1. The third kappa shape index (κ3) is 3.53. The molecule has 21 heavy (non-hydrogen) atoms. The highest BCUT2D eigenvalue weighted by atomic mass is 35.5. The second-order valence-electron chi connectivity index (χ2n) is 3.85. The van der Waals surface area contributed by atoms with Gasteiger partial charge in [0.25, 0.3) is 11.8 Å². The van der Waals surface area contributed by atoms with Crippen molar-refractivity contribution in [3.8, 4) is 0 Å². The summed E-state index contributed by atoms with van der Waals surface area (Å²) in [6, 6.07) is 1.50. The van der Waals surface area contributed by atoms with E-state index in [2.05, 4.69) is 20.8 Å². The second-order valence-corrected chi connectivity index (χ2v) is 5.03. The highest BCUT2D eigenvalue weighted by molar-refractivity contribution is 7.98. The zero-order chi connectivity index (χ0) is 15.4. The van der Waals surface area contributed by atoms with Crippen molar-refractivity contribution in [2.45, 2.75) is 12.1 Å². The predicted molar refractivity (Wildman–Crippen MR) is 77.2 cm³/mol. The number of aryl methyl sites for hydroxylation is 1. The van der Waals surface area contributed by atoms with Gasteiger partial charge < -0.3 is 4.42 Å². The second kappa shape index (κ2) is 6.59. The molecule has 2 amide bonds. The molecular weight excluding hydrogens is 316 g/mol. The molecule has 0 saturated carbocycles. The summed E-state index contributed by atoms with van der Waals surface area (Å²) in [6.45, 7) is 1.64. The number of aromatic nitrogens is 2. The molecule has 9 heteroatoms. The van der Waals surface area contributed by atoms with E-state index in [0.29, 0.717) is 16.5 Å². The van der Waals surface area contributed by atoms with Gasteiger partial charge in [-0.1, -0.05) is 23.4 Å². The number of nitrogens with one attached hydrogen (secondary N) is 2. The van der Waals surface area contributed by atoms with Crippen molar-refractivity contribution in [2.24, 2.45) is 0 Å². The Morgan fingerprint density at radius 2 is 2.05 bits per heavy atom. The lowest BCUT2D eigenvalue weighted by atomic mass is 10.2. The molecule has 0 atom stereocenters. The summed E-state index contributed by atoms with van der Waals surface area (Å²) in [5, 5.41) is 0.501. The standard InChI is InChI=1S/C12H11ClN4O3S/c1-6-7(3-4-20-6)10(18)16-17-11(19)9-8(13)5-14-12(15-9)21-2/h3-5H,1-2H3,(H,16,18)(H,17,19). The first kappa shape index (κ1) is 15.3. The summed E-state index contributed by atoms with van der Waals surface area (Å²) in [5.41, 5.74) is 4.82. The van der Waals surface area contributed by atoms with E-state index >= 15 is 0 Å². The van der Waals surface area contributed by atoms with Gasteiger partial charge in [-0.2, -0.15) is 0 Å². The number of hydrogen-bond acceptors (Lipinski definition) is 6. The number of carbonyl (C=O) groups is 2. The predicted octanol–water partition coefficient (Wildman–Crippen LogP) is 1.83. The molecule has 7 nitrogen and oxygen atoms in total. The van der Waals surface area contributed by atoms with Crippen LogP contribution in [0, 0.1) is 6.92 Å². The summed E-state index contributed by atoms with van der Waals surface area (Å²) in [6.07, 6.45) is 4.49. The number of nitrogens with zero attached hydrogens (tertiary/aromatic N) is 2. The van der Waals surface area contributed by atoms with Crippen LogP contribution < -0.4 is 10.9 Å². The Kier molecular flexibility index (Phi) is 4.81. The first-order valence-electron chi connectivity index (χ1n) is 5.74. The monoisotopic (exact) mass is 326 g/mol. The van der Waals surface area contributed by atoms with Gasteiger partial charge in [-0.3, -0.25) is 20.4 Å². The van der Waals surface area contributed by atoms with Crippen molar-refractivity contribution < 1.29 is 14.0 Å². The average molecular weight is 327 g/mol. The van der Waals surface area contributed by atoms with Gasteiger partial charge in [0.15, 0.2) is 10.9 Å². The number of hydrogen-bond donors (Lipinski definition) is 2. The molecule has 110 valence electrons. The zero-order valence-electron chi connectivity index (χ0n) is 11.1. The molecule has 2 rings (SSSR count). The molecule has 2 N–H and O–H groups in total. The van der Waals surface area contributed by atoms with Crippen LogP contribution in [0.4, 0.5) is 0 Å². The topological polar surface area (TPSA) is 97.1 Å². The minimum absolute atomic E-state index is 0.0137. The molecule has 0 bridgehead atoms. The van der Waals surface area contributed by atoms with Gasteiger partial charge in [-0.05, 0) is 19.2 Å². The quantitative estimate of drug-likeness (QED) is 0.507. The van der Waals surface area contributed by atoms with Crippen LogP contribution in [0.15, 0.2) is 28.1 Å². The van der Waals surface area contributed by atoms with Gasteiger partial charge in [0.05, 0.1) is 23.0 Å². The molecule has 2 aromatic rings. The molecule has 0 spiro atoms. The average Bonchev–Trinajstić information content (AvgIpc) is 2.91. The Bertz CT molecular complexity index is 689. The molecule has 0 fully saturated rings. The lowest BCUT2D eigenvalue weighted by molar-refractivity contribution is 0.0842. The van der Waals surface area contributed by atoms with Crippen LogP contribution in [0.3, 0.4) is 0 Å². The maximum Gasteiger partial charge on any atom is 0.289 e. The van der Waals surface area contributed by atoms with E-state index in [9.17, 15) is 9.59 Å². The molecular formula is C12H11ClN4O3S. The molecule has 0 unspecified atom stereocenters.